The first kappa shape index (κ1) is 17.9. The van der Waals surface area contributed by atoms with Gasteiger partial charge in [-0.1, -0.05) is 0 Å². The van der Waals surface area contributed by atoms with E-state index in [-0.39, 0.29) is 6.61 Å². The molecule has 120 valence electrons. The van der Waals surface area contributed by atoms with Crippen molar-refractivity contribution in [2.24, 2.45) is 0 Å². The second-order valence-electron chi connectivity index (χ2n) is 4.92. The highest BCUT2D eigenvalue weighted by atomic mass is 16.5. The van der Waals surface area contributed by atoms with Crippen molar-refractivity contribution in [3.05, 3.63) is 22.9 Å². The van der Waals surface area contributed by atoms with E-state index in [4.69, 9.17) is 9.47 Å². The summed E-state index contributed by atoms with van der Waals surface area (Å²) in [6, 6.07) is 2.00. The van der Waals surface area contributed by atoms with Gasteiger partial charge < -0.3 is 19.5 Å². The highest BCUT2D eigenvalue weighted by Gasteiger charge is 2.15. The molecule has 0 saturated carbocycles. The fourth-order valence-electron chi connectivity index (χ4n) is 2.26. The fraction of sp³-hybridized carbons (Fsp3) is 0.688. The molecule has 0 saturated heterocycles. The first-order chi connectivity index (χ1) is 10.1. The van der Waals surface area contributed by atoms with Crippen molar-refractivity contribution < 1.29 is 14.6 Å². The predicted octanol–water partition coefficient (Wildman–Crippen LogP) is 2.07. The van der Waals surface area contributed by atoms with Crippen molar-refractivity contribution in [2.45, 2.75) is 34.3 Å². The molecular weight excluding hydrogens is 268 g/mol. The number of aromatic nitrogens is 1. The van der Waals surface area contributed by atoms with Gasteiger partial charge in [-0.05, 0) is 39.3 Å². The first-order valence-electron chi connectivity index (χ1n) is 7.62. The van der Waals surface area contributed by atoms with Crippen molar-refractivity contribution in [3.8, 4) is 0 Å². The number of hydrogen-bond acceptors (Lipinski definition) is 5. The molecule has 0 aromatic carbocycles. The lowest BCUT2D eigenvalue weighted by Crippen LogP contribution is -2.33. The molecule has 0 radical (unpaired) electrons. The van der Waals surface area contributed by atoms with Gasteiger partial charge in [0.2, 0.25) is 0 Å². The Balaban J connectivity index is 2.94. The standard InChI is InChI=1S/C16H28N2O3/c1-5-20-9-7-18(8-10-21-6-2)16-15(12-19)13(3)11-14(4)17-16/h11,19H,5-10,12H2,1-4H3. The maximum Gasteiger partial charge on any atom is 0.134 e. The topological polar surface area (TPSA) is 54.8 Å². The van der Waals surface area contributed by atoms with Crippen LogP contribution in [0.5, 0.6) is 0 Å². The van der Waals surface area contributed by atoms with Gasteiger partial charge in [0.15, 0.2) is 0 Å². The van der Waals surface area contributed by atoms with Crippen LogP contribution in [0.4, 0.5) is 5.82 Å². The van der Waals surface area contributed by atoms with Crippen molar-refractivity contribution in [3.63, 3.8) is 0 Å². The van der Waals surface area contributed by atoms with Gasteiger partial charge in [-0.15, -0.1) is 0 Å². The summed E-state index contributed by atoms with van der Waals surface area (Å²) in [4.78, 5) is 6.75. The summed E-state index contributed by atoms with van der Waals surface area (Å²) >= 11 is 0. The largest absolute Gasteiger partial charge is 0.392 e. The van der Waals surface area contributed by atoms with Crippen molar-refractivity contribution in [1.29, 1.82) is 0 Å². The van der Waals surface area contributed by atoms with Gasteiger partial charge in [0.25, 0.3) is 0 Å². The molecular formula is C16H28N2O3. The van der Waals surface area contributed by atoms with E-state index >= 15 is 0 Å². The summed E-state index contributed by atoms with van der Waals surface area (Å²) in [5.41, 5.74) is 2.91. The highest BCUT2D eigenvalue weighted by molar-refractivity contribution is 5.51. The SMILES string of the molecule is CCOCCN(CCOCC)c1nc(C)cc(C)c1CO. The molecule has 0 aliphatic heterocycles. The van der Waals surface area contributed by atoms with E-state index in [0.29, 0.717) is 26.4 Å². The fourth-order valence-corrected chi connectivity index (χ4v) is 2.26. The van der Waals surface area contributed by atoms with Crippen molar-refractivity contribution in [1.82, 2.24) is 4.98 Å². The lowest BCUT2D eigenvalue weighted by atomic mass is 10.1. The van der Waals surface area contributed by atoms with Crippen molar-refractivity contribution in [2.75, 3.05) is 44.4 Å². The van der Waals surface area contributed by atoms with Crippen LogP contribution >= 0.6 is 0 Å². The molecule has 1 heterocycles. The van der Waals surface area contributed by atoms with Crippen LogP contribution in [0.1, 0.15) is 30.7 Å². The Morgan fingerprint density at radius 2 is 1.67 bits per heavy atom. The third-order valence-corrected chi connectivity index (χ3v) is 3.33. The number of pyridine rings is 1. The molecule has 1 aromatic rings. The maximum atomic E-state index is 9.65. The molecule has 1 N–H and O–H groups in total. The Kier molecular flexibility index (Phi) is 8.27. The molecule has 5 heteroatoms. The van der Waals surface area contributed by atoms with E-state index in [9.17, 15) is 5.11 Å². The molecule has 0 spiro atoms. The average molecular weight is 296 g/mol. The number of nitrogens with zero attached hydrogens (tertiary/aromatic N) is 2. The molecule has 0 atom stereocenters. The van der Waals surface area contributed by atoms with E-state index < -0.39 is 0 Å². The second kappa shape index (κ2) is 9.71. The summed E-state index contributed by atoms with van der Waals surface area (Å²) in [5.74, 6) is 0.842. The molecule has 21 heavy (non-hydrogen) atoms. The maximum absolute atomic E-state index is 9.65. The van der Waals surface area contributed by atoms with E-state index in [2.05, 4.69) is 9.88 Å². The van der Waals surface area contributed by atoms with E-state index in [0.717, 1.165) is 35.7 Å². The van der Waals surface area contributed by atoms with Gasteiger partial charge in [0.05, 0.1) is 19.8 Å². The van der Waals surface area contributed by atoms with Gasteiger partial charge in [-0.25, -0.2) is 4.98 Å². The molecule has 1 aromatic heterocycles. The zero-order chi connectivity index (χ0) is 15.7. The normalized spacial score (nSPS) is 10.9. The van der Waals surface area contributed by atoms with Gasteiger partial charge >= 0.3 is 0 Å². The Hall–Kier alpha value is -1.17. The smallest absolute Gasteiger partial charge is 0.134 e. The Morgan fingerprint density at radius 3 is 2.14 bits per heavy atom. The minimum Gasteiger partial charge on any atom is -0.392 e. The van der Waals surface area contributed by atoms with Crippen LogP contribution in [0.15, 0.2) is 6.07 Å². The minimum atomic E-state index is -0.00574. The summed E-state index contributed by atoms with van der Waals surface area (Å²) < 4.78 is 10.9. The van der Waals surface area contributed by atoms with Crippen LogP contribution in [0, 0.1) is 13.8 Å². The van der Waals surface area contributed by atoms with E-state index in [1.165, 1.54) is 0 Å². The van der Waals surface area contributed by atoms with Crippen LogP contribution in [-0.2, 0) is 16.1 Å². The van der Waals surface area contributed by atoms with Gasteiger partial charge in [-0.3, -0.25) is 0 Å². The molecule has 0 amide bonds. The van der Waals surface area contributed by atoms with Gasteiger partial charge in [0, 0.05) is 37.6 Å². The highest BCUT2D eigenvalue weighted by Crippen LogP contribution is 2.22. The van der Waals surface area contributed by atoms with Crippen LogP contribution in [0.25, 0.3) is 0 Å². The molecule has 5 nitrogen and oxygen atoms in total. The summed E-state index contributed by atoms with van der Waals surface area (Å²) in [6.45, 7) is 12.1. The van der Waals surface area contributed by atoms with Crippen LogP contribution in [0.2, 0.25) is 0 Å². The summed E-state index contributed by atoms with van der Waals surface area (Å²) in [7, 11) is 0. The number of aliphatic hydroxyl groups is 1. The third-order valence-electron chi connectivity index (χ3n) is 3.33. The zero-order valence-corrected chi connectivity index (χ0v) is 13.7. The summed E-state index contributed by atoms with van der Waals surface area (Å²) in [5, 5.41) is 9.65. The van der Waals surface area contributed by atoms with Crippen LogP contribution in [0.3, 0.4) is 0 Å². The molecule has 0 fully saturated rings. The Morgan fingerprint density at radius 1 is 1.10 bits per heavy atom. The second-order valence-corrected chi connectivity index (χ2v) is 4.92. The monoisotopic (exact) mass is 296 g/mol. The van der Waals surface area contributed by atoms with Crippen LogP contribution < -0.4 is 4.90 Å². The lowest BCUT2D eigenvalue weighted by Gasteiger charge is -2.26. The predicted molar refractivity (Wildman–Crippen MR) is 84.8 cm³/mol. The number of anilines is 1. The summed E-state index contributed by atoms with van der Waals surface area (Å²) in [6.07, 6.45) is 0. The third kappa shape index (κ3) is 5.61. The Labute approximate surface area is 127 Å². The number of ether oxygens (including phenoxy) is 2. The number of hydrogen-bond donors (Lipinski definition) is 1. The van der Waals surface area contributed by atoms with Crippen LogP contribution in [-0.4, -0.2) is 49.6 Å². The van der Waals surface area contributed by atoms with E-state index in [1.54, 1.807) is 0 Å². The number of aliphatic hydroxyl groups excluding tert-OH is 1. The lowest BCUT2D eigenvalue weighted by molar-refractivity contribution is 0.141. The number of aryl methyl sites for hydroxylation is 2. The Bertz CT molecular complexity index is 414. The minimum absolute atomic E-state index is 0.00574. The number of rotatable bonds is 10. The average Bonchev–Trinajstić information content (AvgIpc) is 2.45. The zero-order valence-electron chi connectivity index (χ0n) is 13.7. The van der Waals surface area contributed by atoms with Crippen molar-refractivity contribution >= 4 is 5.82 Å². The van der Waals surface area contributed by atoms with E-state index in [1.807, 2.05) is 33.8 Å². The van der Waals surface area contributed by atoms with Gasteiger partial charge in [0.1, 0.15) is 5.82 Å². The molecule has 0 aliphatic carbocycles. The van der Waals surface area contributed by atoms with Gasteiger partial charge in [-0.2, -0.15) is 0 Å². The first-order valence-corrected chi connectivity index (χ1v) is 7.62. The molecule has 0 bridgehead atoms. The quantitative estimate of drug-likeness (QED) is 0.670. The molecule has 1 rings (SSSR count). The molecule has 0 unspecified atom stereocenters. The molecule has 0 aliphatic rings.